The van der Waals surface area contributed by atoms with Crippen molar-refractivity contribution in [3.05, 3.63) is 35.3 Å². The number of hydrogen-bond acceptors (Lipinski definition) is 4. The number of quaternary nitrogens is 1. The fourth-order valence-electron chi connectivity index (χ4n) is 3.06. The predicted octanol–water partition coefficient (Wildman–Crippen LogP) is 1.10. The molecule has 0 radical (unpaired) electrons. The van der Waals surface area contributed by atoms with Crippen LogP contribution in [0.15, 0.2) is 29.6 Å². The van der Waals surface area contributed by atoms with E-state index in [1.165, 1.54) is 4.90 Å². The monoisotopic (exact) mass is 332 g/mol. The maximum absolute atomic E-state index is 11.4. The highest BCUT2D eigenvalue weighted by Gasteiger charge is 2.27. The zero-order valence-electron chi connectivity index (χ0n) is 13.2. The molecule has 5 nitrogen and oxygen atoms in total. The average Bonchev–Trinajstić information content (AvgIpc) is 3.03. The summed E-state index contributed by atoms with van der Waals surface area (Å²) in [6, 6.07) is 7.95. The third-order valence-electron chi connectivity index (χ3n) is 4.34. The Balaban J connectivity index is 1.65. The smallest absolute Gasteiger partial charge is 0.226 e. The van der Waals surface area contributed by atoms with E-state index in [0.717, 1.165) is 54.5 Å². The molecule has 0 saturated carbocycles. The van der Waals surface area contributed by atoms with E-state index in [9.17, 15) is 4.79 Å². The van der Waals surface area contributed by atoms with Gasteiger partial charge in [-0.05, 0) is 37.1 Å². The molecule has 2 heterocycles. The Bertz CT molecular complexity index is 669. The molecular weight excluding hydrogens is 310 g/mol. The molecule has 1 saturated heterocycles. The van der Waals surface area contributed by atoms with Gasteiger partial charge in [0.25, 0.3) is 0 Å². The highest BCUT2D eigenvalue weighted by atomic mass is 32.1. The third-order valence-corrected chi connectivity index (χ3v) is 5.28. The lowest BCUT2D eigenvalue weighted by Gasteiger charge is -2.27. The molecule has 1 aliphatic heterocycles. The van der Waals surface area contributed by atoms with Crippen molar-refractivity contribution in [3.63, 3.8) is 0 Å². The molecular formula is C17H22N3O2S+. The number of carbonyl (C=O) groups excluding carboxylic acids is 1. The van der Waals surface area contributed by atoms with Crippen LogP contribution in [0.25, 0.3) is 10.6 Å². The first kappa shape index (κ1) is 16.0. The lowest BCUT2D eigenvalue weighted by atomic mass is 9.97. The van der Waals surface area contributed by atoms with Crippen molar-refractivity contribution < 1.29 is 14.4 Å². The van der Waals surface area contributed by atoms with E-state index in [1.807, 2.05) is 24.3 Å². The molecule has 2 atom stereocenters. The molecule has 0 bridgehead atoms. The summed E-state index contributed by atoms with van der Waals surface area (Å²) in [5, 5.41) is 3.13. The normalized spacial score (nSPS) is 21.1. The number of hydrogen-bond donors (Lipinski definition) is 2. The summed E-state index contributed by atoms with van der Waals surface area (Å²) in [5.74, 6) is 0.693. The lowest BCUT2D eigenvalue weighted by Crippen LogP contribution is -3.12. The topological polar surface area (TPSA) is 69.7 Å². The summed E-state index contributed by atoms with van der Waals surface area (Å²) in [5.41, 5.74) is 7.64. The number of nitrogens with one attached hydrogen (secondary N) is 1. The Morgan fingerprint density at radius 2 is 2.22 bits per heavy atom. The zero-order valence-corrected chi connectivity index (χ0v) is 14.1. The molecule has 6 heteroatoms. The molecule has 1 aromatic heterocycles. The van der Waals surface area contributed by atoms with Crippen molar-refractivity contribution in [1.82, 2.24) is 4.98 Å². The lowest BCUT2D eigenvalue weighted by molar-refractivity contribution is -0.921. The second kappa shape index (κ2) is 7.10. The van der Waals surface area contributed by atoms with Crippen molar-refractivity contribution >= 4 is 17.2 Å². The van der Waals surface area contributed by atoms with E-state index in [2.05, 4.69) is 5.38 Å². The number of nitrogens with zero attached hydrogens (tertiary/aromatic N) is 1. The van der Waals surface area contributed by atoms with Crippen molar-refractivity contribution in [2.24, 2.45) is 11.7 Å². The molecule has 3 N–H and O–H groups in total. The van der Waals surface area contributed by atoms with Gasteiger partial charge in [-0.2, -0.15) is 0 Å². The number of piperidine rings is 1. The molecule has 1 aromatic carbocycles. The fourth-order valence-corrected chi connectivity index (χ4v) is 3.89. The molecule has 1 fully saturated rings. The predicted molar refractivity (Wildman–Crippen MR) is 90.4 cm³/mol. The molecule has 3 rings (SSSR count). The number of benzene rings is 1. The van der Waals surface area contributed by atoms with Crippen LogP contribution in [0, 0.1) is 5.92 Å². The number of nitrogens with two attached hydrogens (primary N) is 1. The second-order valence-corrected chi connectivity index (χ2v) is 6.85. The fraction of sp³-hybridized carbons (Fsp3) is 0.412. The van der Waals surface area contributed by atoms with Gasteiger partial charge in [0.05, 0.1) is 26.1 Å². The first-order valence-corrected chi connectivity index (χ1v) is 8.75. The number of rotatable bonds is 5. The standard InChI is InChI=1S/C17H21N3O2S/c1-22-15-6-4-12(5-7-15)17-19-14(11-23-17)10-20-8-2-3-13(9-20)16(18)21/h4-7,11,13H,2-3,8-10H2,1H3,(H2,18,21)/p+1/t13-/m0/s1. The van der Waals surface area contributed by atoms with Crippen LogP contribution in [-0.2, 0) is 11.3 Å². The van der Waals surface area contributed by atoms with Crippen LogP contribution >= 0.6 is 11.3 Å². The van der Waals surface area contributed by atoms with Gasteiger partial charge in [-0.15, -0.1) is 11.3 Å². The molecule has 2 aromatic rings. The number of primary amides is 1. The summed E-state index contributed by atoms with van der Waals surface area (Å²) in [6.07, 6.45) is 1.98. The number of ether oxygens (including phenoxy) is 1. The first-order valence-electron chi connectivity index (χ1n) is 7.87. The minimum Gasteiger partial charge on any atom is -0.497 e. The van der Waals surface area contributed by atoms with Crippen molar-refractivity contribution in [2.75, 3.05) is 20.2 Å². The van der Waals surface area contributed by atoms with Gasteiger partial charge in [0.2, 0.25) is 5.91 Å². The Hall–Kier alpha value is -1.92. The highest BCUT2D eigenvalue weighted by Crippen LogP contribution is 2.25. The Kier molecular flexibility index (Phi) is 4.93. The number of likely N-dealkylation sites (tertiary alicyclic amines) is 1. The Morgan fingerprint density at radius 3 is 2.91 bits per heavy atom. The maximum Gasteiger partial charge on any atom is 0.226 e. The number of amides is 1. The van der Waals surface area contributed by atoms with Gasteiger partial charge in [0.1, 0.15) is 23.0 Å². The second-order valence-electron chi connectivity index (χ2n) is 5.99. The van der Waals surface area contributed by atoms with Crippen molar-refractivity contribution in [2.45, 2.75) is 19.4 Å². The molecule has 1 unspecified atom stereocenters. The molecule has 23 heavy (non-hydrogen) atoms. The Labute approximate surface area is 140 Å². The zero-order chi connectivity index (χ0) is 16.2. The highest BCUT2D eigenvalue weighted by molar-refractivity contribution is 7.13. The van der Waals surface area contributed by atoms with Gasteiger partial charge in [0, 0.05) is 10.9 Å². The van der Waals surface area contributed by atoms with Crippen LogP contribution in [0.3, 0.4) is 0 Å². The maximum atomic E-state index is 11.4. The average molecular weight is 332 g/mol. The van der Waals surface area contributed by atoms with Crippen LogP contribution < -0.4 is 15.4 Å². The Morgan fingerprint density at radius 1 is 1.43 bits per heavy atom. The minimum atomic E-state index is -0.167. The number of thiazole rings is 1. The summed E-state index contributed by atoms with van der Waals surface area (Å²) < 4.78 is 5.18. The van der Waals surface area contributed by atoms with E-state index in [0.29, 0.717) is 0 Å². The van der Waals surface area contributed by atoms with Gasteiger partial charge in [-0.3, -0.25) is 4.79 Å². The molecule has 0 spiro atoms. The van der Waals surface area contributed by atoms with Crippen LogP contribution in [0.5, 0.6) is 5.75 Å². The molecule has 0 aliphatic carbocycles. The SMILES string of the molecule is COc1ccc(-c2nc(C[NH+]3CCC[C@H](C(N)=O)C3)cs2)cc1. The number of carbonyl (C=O) groups is 1. The van der Waals surface area contributed by atoms with Gasteiger partial charge in [0.15, 0.2) is 0 Å². The van der Waals surface area contributed by atoms with Gasteiger partial charge >= 0.3 is 0 Å². The molecule has 1 aliphatic rings. The number of aromatic nitrogens is 1. The first-order chi connectivity index (χ1) is 11.2. The van der Waals surface area contributed by atoms with Crippen LogP contribution in [0.2, 0.25) is 0 Å². The van der Waals surface area contributed by atoms with E-state index in [1.54, 1.807) is 18.4 Å². The molecule has 1 amide bonds. The van der Waals surface area contributed by atoms with Crippen LogP contribution in [0.1, 0.15) is 18.5 Å². The van der Waals surface area contributed by atoms with Crippen molar-refractivity contribution in [1.29, 1.82) is 0 Å². The summed E-state index contributed by atoms with van der Waals surface area (Å²) in [4.78, 5) is 17.5. The van der Waals surface area contributed by atoms with E-state index in [-0.39, 0.29) is 11.8 Å². The van der Waals surface area contributed by atoms with E-state index < -0.39 is 0 Å². The van der Waals surface area contributed by atoms with Crippen LogP contribution in [-0.4, -0.2) is 31.1 Å². The summed E-state index contributed by atoms with van der Waals surface area (Å²) >= 11 is 1.65. The van der Waals surface area contributed by atoms with Crippen molar-refractivity contribution in [3.8, 4) is 16.3 Å². The largest absolute Gasteiger partial charge is 0.497 e. The molecule has 122 valence electrons. The van der Waals surface area contributed by atoms with Gasteiger partial charge < -0.3 is 15.4 Å². The van der Waals surface area contributed by atoms with Crippen LogP contribution in [0.4, 0.5) is 0 Å². The third kappa shape index (κ3) is 3.89. The summed E-state index contributed by atoms with van der Waals surface area (Å²) in [7, 11) is 1.66. The minimum absolute atomic E-state index is 0.0124. The quantitative estimate of drug-likeness (QED) is 0.861. The van der Waals surface area contributed by atoms with E-state index >= 15 is 0 Å². The summed E-state index contributed by atoms with van der Waals surface area (Å²) in [6.45, 7) is 2.76. The van der Waals surface area contributed by atoms with Gasteiger partial charge in [-0.25, -0.2) is 4.98 Å². The number of methoxy groups -OCH3 is 1. The van der Waals surface area contributed by atoms with E-state index in [4.69, 9.17) is 15.5 Å². The van der Waals surface area contributed by atoms with Gasteiger partial charge in [-0.1, -0.05) is 0 Å².